The highest BCUT2D eigenvalue weighted by Gasteiger charge is 2.19. The molecule has 0 unspecified atom stereocenters. The van der Waals surface area contributed by atoms with Gasteiger partial charge in [0.25, 0.3) is 0 Å². The van der Waals surface area contributed by atoms with Gasteiger partial charge in [-0.3, -0.25) is 9.98 Å². The summed E-state index contributed by atoms with van der Waals surface area (Å²) >= 11 is 0. The molecule has 0 saturated heterocycles. The molecule has 0 rings (SSSR count). The molecule has 30 heavy (non-hydrogen) atoms. The van der Waals surface area contributed by atoms with Crippen molar-refractivity contribution >= 4 is 35.8 Å². The predicted molar refractivity (Wildman–Crippen MR) is 107 cm³/mol. The maximum atomic E-state index is 11.7. The standard InChI is InChI=1S/C16H28N8O6/c17-9(3-1-7-23-15(19)20)13(27)29-11(25)5-6-12(26)30-14(28)10(18)4-2-8-24-16(21)22/h5-6,9-10H,1-4,7-8,17-18H2,(H4,19,20,23)(H4,21,22,24)/b6-5-/t9-,10-/m0/s1. The Balaban J connectivity index is 4.28. The van der Waals surface area contributed by atoms with Gasteiger partial charge in [-0.05, 0) is 25.7 Å². The summed E-state index contributed by atoms with van der Waals surface area (Å²) in [5.74, 6) is -4.51. The van der Waals surface area contributed by atoms with Gasteiger partial charge in [-0.15, -0.1) is 0 Å². The molecule has 0 aliphatic carbocycles. The van der Waals surface area contributed by atoms with Crippen LogP contribution in [0, 0.1) is 0 Å². The van der Waals surface area contributed by atoms with Crippen LogP contribution in [-0.2, 0) is 28.7 Å². The number of hydrogen-bond donors (Lipinski definition) is 6. The van der Waals surface area contributed by atoms with Crippen LogP contribution in [0.5, 0.6) is 0 Å². The van der Waals surface area contributed by atoms with Gasteiger partial charge in [-0.25, -0.2) is 19.2 Å². The molecular weight excluding hydrogens is 400 g/mol. The number of ether oxygens (including phenoxy) is 2. The van der Waals surface area contributed by atoms with Crippen molar-refractivity contribution in [3.63, 3.8) is 0 Å². The highest BCUT2D eigenvalue weighted by molar-refractivity contribution is 6.00. The number of carbonyl (C=O) groups excluding carboxylic acids is 4. The summed E-state index contributed by atoms with van der Waals surface area (Å²) in [6, 6.07) is -2.16. The molecule has 0 aromatic rings. The second kappa shape index (κ2) is 14.5. The van der Waals surface area contributed by atoms with Crippen molar-refractivity contribution in [2.24, 2.45) is 44.4 Å². The Kier molecular flexibility index (Phi) is 12.8. The number of nitrogens with two attached hydrogens (primary N) is 6. The second-order valence-corrected chi connectivity index (χ2v) is 5.92. The summed E-state index contributed by atoms with van der Waals surface area (Å²) in [4.78, 5) is 53.8. The first-order valence-corrected chi connectivity index (χ1v) is 8.84. The summed E-state index contributed by atoms with van der Waals surface area (Å²) in [6.07, 6.45) is 2.35. The predicted octanol–water partition coefficient (Wildman–Crippen LogP) is -3.56. The van der Waals surface area contributed by atoms with Gasteiger partial charge >= 0.3 is 23.9 Å². The van der Waals surface area contributed by atoms with E-state index in [0.717, 1.165) is 0 Å². The van der Waals surface area contributed by atoms with Crippen molar-refractivity contribution in [1.29, 1.82) is 0 Å². The third-order valence-corrected chi connectivity index (χ3v) is 3.30. The lowest BCUT2D eigenvalue weighted by atomic mass is 10.2. The Labute approximate surface area is 172 Å². The first-order valence-electron chi connectivity index (χ1n) is 8.84. The number of carbonyl (C=O) groups is 4. The zero-order valence-corrected chi connectivity index (χ0v) is 16.4. The van der Waals surface area contributed by atoms with E-state index in [0.29, 0.717) is 25.0 Å². The molecule has 0 aliphatic heterocycles. The van der Waals surface area contributed by atoms with Crippen molar-refractivity contribution in [2.45, 2.75) is 37.8 Å². The van der Waals surface area contributed by atoms with E-state index in [-0.39, 0.29) is 37.9 Å². The Morgan fingerprint density at radius 1 is 0.700 bits per heavy atom. The van der Waals surface area contributed by atoms with Gasteiger partial charge in [-0.1, -0.05) is 0 Å². The SMILES string of the molecule is NC(N)=NCCC[C@H](N)C(=O)OC(=O)/C=C\C(=O)OC(=O)[C@@H](N)CCCN=C(N)N. The average molecular weight is 428 g/mol. The molecule has 168 valence electrons. The van der Waals surface area contributed by atoms with Crippen LogP contribution in [0.4, 0.5) is 0 Å². The number of esters is 4. The van der Waals surface area contributed by atoms with Gasteiger partial charge in [0, 0.05) is 25.2 Å². The van der Waals surface area contributed by atoms with Crippen molar-refractivity contribution in [1.82, 2.24) is 0 Å². The van der Waals surface area contributed by atoms with Gasteiger partial charge in [0.2, 0.25) is 0 Å². The van der Waals surface area contributed by atoms with Crippen LogP contribution < -0.4 is 34.4 Å². The molecule has 0 radical (unpaired) electrons. The monoisotopic (exact) mass is 428 g/mol. The highest BCUT2D eigenvalue weighted by Crippen LogP contribution is 2.00. The van der Waals surface area contributed by atoms with E-state index < -0.39 is 36.0 Å². The van der Waals surface area contributed by atoms with E-state index in [1.54, 1.807) is 0 Å². The fourth-order valence-corrected chi connectivity index (χ4v) is 1.83. The third-order valence-electron chi connectivity index (χ3n) is 3.30. The molecule has 0 heterocycles. The minimum absolute atomic E-state index is 0.0938. The number of rotatable bonds is 12. The largest absolute Gasteiger partial charge is 0.389 e. The van der Waals surface area contributed by atoms with Crippen molar-refractivity contribution < 1.29 is 28.7 Å². The summed E-state index contributed by atoms with van der Waals surface area (Å²) in [6.45, 7) is 0.515. The highest BCUT2D eigenvalue weighted by atomic mass is 16.6. The molecule has 0 fully saturated rings. The van der Waals surface area contributed by atoms with Gasteiger partial charge in [0.05, 0.1) is 0 Å². The molecule has 0 amide bonds. The van der Waals surface area contributed by atoms with Gasteiger partial charge in [0.15, 0.2) is 11.9 Å². The molecule has 0 spiro atoms. The van der Waals surface area contributed by atoms with Gasteiger partial charge < -0.3 is 43.9 Å². The number of nitrogens with zero attached hydrogens (tertiary/aromatic N) is 2. The van der Waals surface area contributed by atoms with E-state index in [4.69, 9.17) is 34.4 Å². The van der Waals surface area contributed by atoms with Crippen LogP contribution >= 0.6 is 0 Å². The van der Waals surface area contributed by atoms with Crippen molar-refractivity contribution in [3.8, 4) is 0 Å². The molecule has 0 aliphatic rings. The Morgan fingerprint density at radius 2 is 1.03 bits per heavy atom. The van der Waals surface area contributed by atoms with Gasteiger partial charge in [0.1, 0.15) is 12.1 Å². The van der Waals surface area contributed by atoms with Crippen molar-refractivity contribution in [2.75, 3.05) is 13.1 Å². The van der Waals surface area contributed by atoms with Gasteiger partial charge in [-0.2, -0.15) is 0 Å². The lowest BCUT2D eigenvalue weighted by Gasteiger charge is -2.09. The fourth-order valence-electron chi connectivity index (χ4n) is 1.83. The molecule has 12 N–H and O–H groups in total. The normalized spacial score (nSPS) is 12.5. The Bertz CT molecular complexity index is 640. The zero-order valence-electron chi connectivity index (χ0n) is 16.4. The minimum atomic E-state index is -1.16. The number of guanidine groups is 2. The van der Waals surface area contributed by atoms with Crippen LogP contribution in [0.1, 0.15) is 25.7 Å². The molecule has 2 atom stereocenters. The van der Waals surface area contributed by atoms with Crippen LogP contribution in [0.25, 0.3) is 0 Å². The lowest BCUT2D eigenvalue weighted by molar-refractivity contribution is -0.160. The van der Waals surface area contributed by atoms with E-state index in [9.17, 15) is 19.2 Å². The summed E-state index contributed by atoms with van der Waals surface area (Å²) in [5, 5.41) is 0. The Hall–Kier alpha value is -3.52. The molecule has 0 aromatic heterocycles. The molecule has 14 nitrogen and oxygen atoms in total. The van der Waals surface area contributed by atoms with Crippen LogP contribution in [0.3, 0.4) is 0 Å². The summed E-state index contributed by atoms with van der Waals surface area (Å²) in [5.41, 5.74) is 31.7. The molecule has 14 heteroatoms. The summed E-state index contributed by atoms with van der Waals surface area (Å²) in [7, 11) is 0. The molecule has 0 bridgehead atoms. The number of hydrogen-bond acceptors (Lipinski definition) is 10. The van der Waals surface area contributed by atoms with E-state index >= 15 is 0 Å². The third kappa shape index (κ3) is 13.6. The topological polar surface area (TPSA) is 268 Å². The Morgan fingerprint density at radius 3 is 1.33 bits per heavy atom. The van der Waals surface area contributed by atoms with E-state index in [2.05, 4.69) is 19.5 Å². The molecule has 0 saturated carbocycles. The van der Waals surface area contributed by atoms with Crippen molar-refractivity contribution in [3.05, 3.63) is 12.2 Å². The maximum absolute atomic E-state index is 11.7. The summed E-state index contributed by atoms with van der Waals surface area (Å²) < 4.78 is 8.91. The number of aliphatic imine (C=N–C) groups is 2. The van der Waals surface area contributed by atoms with E-state index in [1.807, 2.05) is 0 Å². The zero-order chi connectivity index (χ0) is 23.1. The smallest absolute Gasteiger partial charge is 0.338 e. The second-order valence-electron chi connectivity index (χ2n) is 5.92. The van der Waals surface area contributed by atoms with Crippen LogP contribution in [0.2, 0.25) is 0 Å². The lowest BCUT2D eigenvalue weighted by Crippen LogP contribution is -2.34. The first kappa shape index (κ1) is 26.5. The maximum Gasteiger partial charge on any atom is 0.338 e. The minimum Gasteiger partial charge on any atom is -0.389 e. The fraction of sp³-hybridized carbons (Fsp3) is 0.500. The van der Waals surface area contributed by atoms with Crippen LogP contribution in [0.15, 0.2) is 22.1 Å². The quantitative estimate of drug-likeness (QED) is 0.0440. The molecule has 0 aromatic carbocycles. The van der Waals surface area contributed by atoms with E-state index in [1.165, 1.54) is 0 Å². The molecular formula is C16H28N8O6. The van der Waals surface area contributed by atoms with Crippen LogP contribution in [-0.4, -0.2) is 61.0 Å². The average Bonchev–Trinajstić information content (AvgIpc) is 2.66. The first-order chi connectivity index (χ1) is 14.0.